The monoisotopic (exact) mass is 453 g/mol. The summed E-state index contributed by atoms with van der Waals surface area (Å²) < 4.78 is 0. The molecule has 0 amide bonds. The smallest absolute Gasteiger partial charge is 0.0719 e. The van der Waals surface area contributed by atoms with Crippen molar-refractivity contribution in [1.82, 2.24) is 4.98 Å². The van der Waals surface area contributed by atoms with Crippen molar-refractivity contribution in [3.63, 3.8) is 0 Å². The van der Waals surface area contributed by atoms with Gasteiger partial charge in [-0.3, -0.25) is 0 Å². The largest absolute Gasteiger partial charge is 0.248 e. The van der Waals surface area contributed by atoms with E-state index in [2.05, 4.69) is 120 Å². The van der Waals surface area contributed by atoms with Gasteiger partial charge in [-0.15, -0.1) is 0 Å². The summed E-state index contributed by atoms with van der Waals surface area (Å²) in [7, 11) is 0. The molecular formula is C34H31N. The molecular weight excluding hydrogens is 422 g/mol. The number of nitrogens with zero attached hydrogens (tertiary/aromatic N) is 1. The zero-order valence-electron chi connectivity index (χ0n) is 21.5. The SMILES string of the molecule is Cc1cccc(-c2cc(-c3cc(C)cc(C)c3C)nc3cc4c(cc23)-c2ccccc2C4(C)C)c1. The molecule has 0 N–H and O–H groups in total. The third-order valence-electron chi connectivity index (χ3n) is 7.93. The molecule has 1 nitrogen and oxygen atoms in total. The van der Waals surface area contributed by atoms with Crippen molar-refractivity contribution in [3.8, 4) is 33.5 Å². The van der Waals surface area contributed by atoms with E-state index in [1.165, 1.54) is 66.6 Å². The zero-order chi connectivity index (χ0) is 24.5. The van der Waals surface area contributed by atoms with Crippen LogP contribution in [-0.2, 0) is 5.41 Å². The maximum atomic E-state index is 5.30. The van der Waals surface area contributed by atoms with E-state index in [0.717, 1.165) is 11.2 Å². The quantitative estimate of drug-likeness (QED) is 0.260. The van der Waals surface area contributed by atoms with Crippen molar-refractivity contribution in [3.05, 3.63) is 112 Å². The number of benzene rings is 4. The summed E-state index contributed by atoms with van der Waals surface area (Å²) in [6, 6.07) is 29.3. The predicted molar refractivity (Wildman–Crippen MR) is 149 cm³/mol. The molecule has 1 aliphatic carbocycles. The van der Waals surface area contributed by atoms with Crippen LogP contribution in [0.4, 0.5) is 0 Å². The summed E-state index contributed by atoms with van der Waals surface area (Å²) in [5.41, 5.74) is 16.4. The molecule has 6 rings (SSSR count). The number of rotatable bonds is 2. The van der Waals surface area contributed by atoms with Crippen LogP contribution in [0.2, 0.25) is 0 Å². The summed E-state index contributed by atoms with van der Waals surface area (Å²) in [4.78, 5) is 5.30. The van der Waals surface area contributed by atoms with Gasteiger partial charge < -0.3 is 0 Å². The molecule has 0 spiro atoms. The number of hydrogen-bond donors (Lipinski definition) is 0. The maximum absolute atomic E-state index is 5.30. The van der Waals surface area contributed by atoms with E-state index in [9.17, 15) is 0 Å². The summed E-state index contributed by atoms with van der Waals surface area (Å²) in [6.45, 7) is 13.4. The van der Waals surface area contributed by atoms with Crippen molar-refractivity contribution in [2.24, 2.45) is 0 Å². The van der Waals surface area contributed by atoms with E-state index >= 15 is 0 Å². The van der Waals surface area contributed by atoms with Gasteiger partial charge in [0.25, 0.3) is 0 Å². The van der Waals surface area contributed by atoms with Crippen LogP contribution >= 0.6 is 0 Å². The van der Waals surface area contributed by atoms with Crippen molar-refractivity contribution < 1.29 is 0 Å². The van der Waals surface area contributed by atoms with E-state index in [4.69, 9.17) is 4.98 Å². The van der Waals surface area contributed by atoms with Crippen molar-refractivity contribution in [2.75, 3.05) is 0 Å². The van der Waals surface area contributed by atoms with Crippen LogP contribution in [-0.4, -0.2) is 4.98 Å². The second kappa shape index (κ2) is 7.65. The molecule has 0 saturated heterocycles. The van der Waals surface area contributed by atoms with Crippen LogP contribution in [0.5, 0.6) is 0 Å². The Morgan fingerprint density at radius 1 is 0.600 bits per heavy atom. The normalized spacial score (nSPS) is 13.7. The van der Waals surface area contributed by atoms with Crippen LogP contribution in [0.15, 0.2) is 78.9 Å². The standard InChI is InChI=1S/C34H31N/c1-20-10-9-11-24(15-20)27-18-32(26-16-21(2)14-22(3)23(26)4)35-33-19-31-28(17-29(27)33)25-12-7-8-13-30(25)34(31,5)6/h7-19H,1-6H3. The van der Waals surface area contributed by atoms with Gasteiger partial charge in [-0.1, -0.05) is 79.6 Å². The van der Waals surface area contributed by atoms with Crippen LogP contribution in [0.1, 0.15) is 47.2 Å². The number of aryl methyl sites for hydroxylation is 3. The minimum atomic E-state index is -0.0445. The van der Waals surface area contributed by atoms with Crippen molar-refractivity contribution in [1.29, 1.82) is 0 Å². The minimum Gasteiger partial charge on any atom is -0.248 e. The highest BCUT2D eigenvalue weighted by Crippen LogP contribution is 2.50. The summed E-state index contributed by atoms with van der Waals surface area (Å²) in [5, 5.41) is 1.22. The molecule has 172 valence electrons. The van der Waals surface area contributed by atoms with Crippen molar-refractivity contribution in [2.45, 2.75) is 47.0 Å². The second-order valence-electron chi connectivity index (χ2n) is 10.8. The molecule has 1 heteroatoms. The lowest BCUT2D eigenvalue weighted by atomic mass is 9.82. The fourth-order valence-corrected chi connectivity index (χ4v) is 5.92. The van der Waals surface area contributed by atoms with Gasteiger partial charge in [-0.25, -0.2) is 4.98 Å². The molecule has 1 aliphatic rings. The average Bonchev–Trinajstić information content (AvgIpc) is 3.06. The Hall–Kier alpha value is -3.71. The maximum Gasteiger partial charge on any atom is 0.0719 e. The molecule has 1 heterocycles. The second-order valence-corrected chi connectivity index (χ2v) is 10.8. The molecule has 4 aromatic carbocycles. The fraction of sp³-hybridized carbons (Fsp3) is 0.206. The highest BCUT2D eigenvalue weighted by molar-refractivity contribution is 6.01. The van der Waals surface area contributed by atoms with Crippen LogP contribution in [0.3, 0.4) is 0 Å². The Kier molecular flexibility index (Phi) is 4.76. The molecule has 0 fully saturated rings. The Bertz CT molecular complexity index is 1650. The predicted octanol–water partition coefficient (Wildman–Crippen LogP) is 9.11. The lowest BCUT2D eigenvalue weighted by Crippen LogP contribution is -2.14. The van der Waals surface area contributed by atoms with Gasteiger partial charge >= 0.3 is 0 Å². The number of fused-ring (bicyclic) bond motifs is 4. The van der Waals surface area contributed by atoms with Gasteiger partial charge in [0.05, 0.1) is 11.2 Å². The third kappa shape index (κ3) is 3.33. The average molecular weight is 454 g/mol. The first kappa shape index (κ1) is 21.8. The minimum absolute atomic E-state index is 0.0445. The lowest BCUT2D eigenvalue weighted by molar-refractivity contribution is 0.661. The van der Waals surface area contributed by atoms with E-state index in [1.807, 2.05) is 0 Å². The van der Waals surface area contributed by atoms with Gasteiger partial charge in [0, 0.05) is 16.4 Å². The molecule has 0 bridgehead atoms. The van der Waals surface area contributed by atoms with E-state index in [1.54, 1.807) is 0 Å². The molecule has 5 aromatic rings. The van der Waals surface area contributed by atoms with Gasteiger partial charge in [0.15, 0.2) is 0 Å². The Labute approximate surface area is 208 Å². The van der Waals surface area contributed by atoms with Crippen LogP contribution < -0.4 is 0 Å². The first-order valence-electron chi connectivity index (χ1n) is 12.5. The molecule has 0 saturated carbocycles. The third-order valence-corrected chi connectivity index (χ3v) is 7.93. The van der Waals surface area contributed by atoms with Gasteiger partial charge in [0.1, 0.15) is 0 Å². The highest BCUT2D eigenvalue weighted by Gasteiger charge is 2.35. The number of aromatic nitrogens is 1. The molecule has 0 unspecified atom stereocenters. The van der Waals surface area contributed by atoms with Crippen LogP contribution in [0, 0.1) is 27.7 Å². The molecule has 0 aliphatic heterocycles. The molecule has 35 heavy (non-hydrogen) atoms. The van der Waals surface area contributed by atoms with Gasteiger partial charge in [-0.2, -0.15) is 0 Å². The Morgan fingerprint density at radius 2 is 1.40 bits per heavy atom. The first-order chi connectivity index (χ1) is 16.7. The lowest BCUT2D eigenvalue weighted by Gasteiger charge is -2.22. The van der Waals surface area contributed by atoms with Gasteiger partial charge in [-0.05, 0) is 96.5 Å². The highest BCUT2D eigenvalue weighted by atomic mass is 14.7. The molecule has 0 atom stereocenters. The summed E-state index contributed by atoms with van der Waals surface area (Å²) in [6.07, 6.45) is 0. The topological polar surface area (TPSA) is 12.9 Å². The van der Waals surface area contributed by atoms with E-state index in [-0.39, 0.29) is 5.41 Å². The fourth-order valence-electron chi connectivity index (χ4n) is 5.92. The van der Waals surface area contributed by atoms with E-state index in [0.29, 0.717) is 0 Å². The van der Waals surface area contributed by atoms with E-state index < -0.39 is 0 Å². The first-order valence-corrected chi connectivity index (χ1v) is 12.5. The number of hydrogen-bond acceptors (Lipinski definition) is 1. The van der Waals surface area contributed by atoms with Crippen molar-refractivity contribution >= 4 is 10.9 Å². The Morgan fingerprint density at radius 3 is 2.20 bits per heavy atom. The molecule has 1 aromatic heterocycles. The zero-order valence-corrected chi connectivity index (χ0v) is 21.5. The molecule has 0 radical (unpaired) electrons. The number of pyridine rings is 1. The Balaban J connectivity index is 1.71. The van der Waals surface area contributed by atoms with Gasteiger partial charge in [0.2, 0.25) is 0 Å². The summed E-state index contributed by atoms with van der Waals surface area (Å²) in [5.74, 6) is 0. The summed E-state index contributed by atoms with van der Waals surface area (Å²) >= 11 is 0. The van der Waals surface area contributed by atoms with Crippen LogP contribution in [0.25, 0.3) is 44.4 Å².